The SMILES string of the molecule is Cc1cccc(NS(=O)(=O)c2sc(N)nc2C)n1. The second kappa shape index (κ2) is 4.54. The van der Waals surface area contributed by atoms with E-state index in [0.29, 0.717) is 5.69 Å². The van der Waals surface area contributed by atoms with Crippen LogP contribution < -0.4 is 10.5 Å². The highest BCUT2D eigenvalue weighted by atomic mass is 32.2. The van der Waals surface area contributed by atoms with Crippen LogP contribution in [0.25, 0.3) is 0 Å². The van der Waals surface area contributed by atoms with Gasteiger partial charge in [0.1, 0.15) is 5.82 Å². The molecule has 0 fully saturated rings. The fraction of sp³-hybridized carbons (Fsp3) is 0.200. The molecule has 96 valence electrons. The van der Waals surface area contributed by atoms with E-state index in [2.05, 4.69) is 14.7 Å². The lowest BCUT2D eigenvalue weighted by Crippen LogP contribution is -2.13. The third-order valence-electron chi connectivity index (χ3n) is 2.14. The molecule has 0 aliphatic rings. The van der Waals surface area contributed by atoms with Crippen molar-refractivity contribution < 1.29 is 8.42 Å². The average molecular weight is 284 g/mol. The summed E-state index contributed by atoms with van der Waals surface area (Å²) in [5.41, 5.74) is 6.61. The lowest BCUT2D eigenvalue weighted by Gasteiger charge is -2.06. The largest absolute Gasteiger partial charge is 0.375 e. The predicted molar refractivity (Wildman–Crippen MR) is 71.0 cm³/mol. The van der Waals surface area contributed by atoms with Crippen LogP contribution in [0.4, 0.5) is 10.9 Å². The van der Waals surface area contributed by atoms with Gasteiger partial charge >= 0.3 is 0 Å². The molecule has 0 aliphatic heterocycles. The molecular formula is C10H12N4O2S2. The number of sulfonamides is 1. The minimum absolute atomic E-state index is 0.114. The molecule has 0 spiro atoms. The average Bonchev–Trinajstić information content (AvgIpc) is 2.58. The van der Waals surface area contributed by atoms with Crippen LogP contribution in [0.1, 0.15) is 11.4 Å². The molecule has 18 heavy (non-hydrogen) atoms. The standard InChI is InChI=1S/C10H12N4O2S2/c1-6-4-3-5-8(12-6)14-18(15,16)9-7(2)13-10(11)17-9/h3-5H,1-2H3,(H2,11,13)(H,12,14). The normalized spacial score (nSPS) is 11.4. The summed E-state index contributed by atoms with van der Waals surface area (Å²) in [4.78, 5) is 7.98. The summed E-state index contributed by atoms with van der Waals surface area (Å²) in [6.45, 7) is 3.39. The molecular weight excluding hydrogens is 272 g/mol. The summed E-state index contributed by atoms with van der Waals surface area (Å²) in [5, 5.41) is 0.227. The Morgan fingerprint density at radius 3 is 2.56 bits per heavy atom. The van der Waals surface area contributed by atoms with Crippen molar-refractivity contribution in [3.8, 4) is 0 Å². The van der Waals surface area contributed by atoms with Gasteiger partial charge in [0, 0.05) is 5.69 Å². The zero-order valence-corrected chi connectivity index (χ0v) is 11.5. The van der Waals surface area contributed by atoms with Gasteiger partial charge < -0.3 is 5.73 Å². The molecule has 0 radical (unpaired) electrons. The number of nitrogens with one attached hydrogen (secondary N) is 1. The highest BCUT2D eigenvalue weighted by Gasteiger charge is 2.21. The van der Waals surface area contributed by atoms with Crippen molar-refractivity contribution >= 4 is 32.3 Å². The van der Waals surface area contributed by atoms with Crippen LogP contribution in [-0.2, 0) is 10.0 Å². The maximum absolute atomic E-state index is 12.1. The number of hydrogen-bond acceptors (Lipinski definition) is 6. The van der Waals surface area contributed by atoms with Crippen molar-refractivity contribution in [3.63, 3.8) is 0 Å². The number of hydrogen-bond donors (Lipinski definition) is 2. The zero-order valence-electron chi connectivity index (χ0n) is 9.84. The third-order valence-corrected chi connectivity index (χ3v) is 5.09. The maximum Gasteiger partial charge on any atom is 0.274 e. The summed E-state index contributed by atoms with van der Waals surface area (Å²) in [7, 11) is -3.68. The van der Waals surface area contributed by atoms with Gasteiger partial charge in [-0.2, -0.15) is 0 Å². The van der Waals surface area contributed by atoms with Crippen molar-refractivity contribution in [1.29, 1.82) is 0 Å². The van der Waals surface area contributed by atoms with Gasteiger partial charge in [-0.05, 0) is 26.0 Å². The number of aryl methyl sites for hydroxylation is 2. The van der Waals surface area contributed by atoms with Crippen molar-refractivity contribution in [2.45, 2.75) is 18.1 Å². The van der Waals surface area contributed by atoms with Crippen LogP contribution in [0.3, 0.4) is 0 Å². The van der Waals surface area contributed by atoms with E-state index in [1.165, 1.54) is 0 Å². The number of pyridine rings is 1. The van der Waals surface area contributed by atoms with E-state index >= 15 is 0 Å². The van der Waals surface area contributed by atoms with Crippen LogP contribution in [-0.4, -0.2) is 18.4 Å². The van der Waals surface area contributed by atoms with Gasteiger partial charge in [0.25, 0.3) is 10.0 Å². The highest BCUT2D eigenvalue weighted by Crippen LogP contribution is 2.26. The number of thiazole rings is 1. The number of aromatic nitrogens is 2. The molecule has 8 heteroatoms. The molecule has 3 N–H and O–H groups in total. The number of rotatable bonds is 3. The van der Waals surface area contributed by atoms with Crippen molar-refractivity contribution in [2.75, 3.05) is 10.5 Å². The first-order valence-corrected chi connectivity index (χ1v) is 7.38. The molecule has 0 atom stereocenters. The second-order valence-corrected chi connectivity index (χ2v) is 6.60. The molecule has 0 aromatic carbocycles. The Morgan fingerprint density at radius 2 is 2.00 bits per heavy atom. The summed E-state index contributed by atoms with van der Waals surface area (Å²) in [6, 6.07) is 5.10. The number of nitrogens with zero attached hydrogens (tertiary/aromatic N) is 2. The summed E-state index contributed by atoms with van der Waals surface area (Å²) in [6.07, 6.45) is 0. The van der Waals surface area contributed by atoms with Gasteiger partial charge in [-0.15, -0.1) is 0 Å². The Morgan fingerprint density at radius 1 is 1.28 bits per heavy atom. The topological polar surface area (TPSA) is 98.0 Å². The molecule has 0 unspecified atom stereocenters. The van der Waals surface area contributed by atoms with E-state index in [9.17, 15) is 8.42 Å². The Kier molecular flexibility index (Phi) is 3.22. The van der Waals surface area contributed by atoms with Crippen LogP contribution in [0.5, 0.6) is 0 Å². The first kappa shape index (κ1) is 12.8. The molecule has 0 aliphatic carbocycles. The number of nitrogens with two attached hydrogens (primary N) is 1. The van der Waals surface area contributed by atoms with Gasteiger partial charge in [-0.1, -0.05) is 17.4 Å². The molecule has 2 heterocycles. The van der Waals surface area contributed by atoms with Crippen LogP contribution in [0.15, 0.2) is 22.4 Å². The molecule has 2 aromatic rings. The van der Waals surface area contributed by atoms with E-state index in [1.54, 1.807) is 32.0 Å². The fourth-order valence-corrected chi connectivity index (χ4v) is 3.74. The third kappa shape index (κ3) is 2.59. The Balaban J connectivity index is 2.36. The predicted octanol–water partition coefficient (Wildman–Crippen LogP) is 1.54. The molecule has 0 saturated carbocycles. The number of anilines is 2. The lowest BCUT2D eigenvalue weighted by molar-refractivity contribution is 0.602. The fourth-order valence-electron chi connectivity index (χ4n) is 1.44. The first-order valence-electron chi connectivity index (χ1n) is 5.08. The summed E-state index contributed by atoms with van der Waals surface area (Å²) >= 11 is 0.933. The van der Waals surface area contributed by atoms with Gasteiger partial charge in [0.05, 0.1) is 5.69 Å². The minimum Gasteiger partial charge on any atom is -0.375 e. The minimum atomic E-state index is -3.68. The van der Waals surface area contributed by atoms with E-state index < -0.39 is 10.0 Å². The maximum atomic E-state index is 12.1. The van der Waals surface area contributed by atoms with Crippen molar-refractivity contribution in [2.24, 2.45) is 0 Å². The monoisotopic (exact) mass is 284 g/mol. The van der Waals surface area contributed by atoms with E-state index in [0.717, 1.165) is 17.0 Å². The quantitative estimate of drug-likeness (QED) is 0.890. The second-order valence-electron chi connectivity index (χ2n) is 3.69. The smallest absolute Gasteiger partial charge is 0.274 e. The van der Waals surface area contributed by atoms with E-state index in [1.807, 2.05) is 0 Å². The molecule has 2 aromatic heterocycles. The van der Waals surface area contributed by atoms with Gasteiger partial charge in [0.2, 0.25) is 0 Å². The summed E-state index contributed by atoms with van der Waals surface area (Å²) < 4.78 is 26.7. The molecule has 6 nitrogen and oxygen atoms in total. The summed E-state index contributed by atoms with van der Waals surface area (Å²) in [5.74, 6) is 0.279. The molecule has 0 saturated heterocycles. The van der Waals surface area contributed by atoms with Crippen molar-refractivity contribution in [1.82, 2.24) is 9.97 Å². The van der Waals surface area contributed by atoms with Gasteiger partial charge in [0.15, 0.2) is 9.34 Å². The van der Waals surface area contributed by atoms with Crippen LogP contribution in [0, 0.1) is 13.8 Å². The molecule has 0 bridgehead atoms. The van der Waals surface area contributed by atoms with E-state index in [4.69, 9.17) is 5.73 Å². The molecule has 0 amide bonds. The van der Waals surface area contributed by atoms with Crippen molar-refractivity contribution in [3.05, 3.63) is 29.6 Å². The highest BCUT2D eigenvalue weighted by molar-refractivity contribution is 7.94. The zero-order chi connectivity index (χ0) is 13.3. The Labute approximate surface area is 109 Å². The lowest BCUT2D eigenvalue weighted by atomic mass is 10.4. The van der Waals surface area contributed by atoms with Gasteiger partial charge in [-0.25, -0.2) is 18.4 Å². The number of nitrogen functional groups attached to an aromatic ring is 1. The van der Waals surface area contributed by atoms with Crippen LogP contribution >= 0.6 is 11.3 Å². The van der Waals surface area contributed by atoms with E-state index in [-0.39, 0.29) is 15.2 Å². The van der Waals surface area contributed by atoms with Crippen LogP contribution in [0.2, 0.25) is 0 Å². The first-order chi connectivity index (χ1) is 8.38. The Bertz CT molecular complexity index is 679. The molecule has 2 rings (SSSR count). The Hall–Kier alpha value is -1.67. The van der Waals surface area contributed by atoms with Gasteiger partial charge in [-0.3, -0.25) is 4.72 Å².